The zero-order chi connectivity index (χ0) is 17.4. The van der Waals surface area contributed by atoms with Gasteiger partial charge in [0.2, 0.25) is 0 Å². The maximum Gasteiger partial charge on any atom is 0.253 e. The van der Waals surface area contributed by atoms with Crippen LogP contribution in [-0.4, -0.2) is 37.9 Å². The Labute approximate surface area is 136 Å². The SMILES string of the molecule is Cc1nc2c(cnn2C(C)C)cc1C(=O)NCC(C)(O)C(C)C. The molecule has 23 heavy (non-hydrogen) atoms. The van der Waals surface area contributed by atoms with Crippen molar-refractivity contribution >= 4 is 16.9 Å². The van der Waals surface area contributed by atoms with E-state index < -0.39 is 5.60 Å². The smallest absolute Gasteiger partial charge is 0.253 e. The van der Waals surface area contributed by atoms with E-state index in [1.807, 2.05) is 45.4 Å². The molecule has 0 fully saturated rings. The first kappa shape index (κ1) is 17.4. The van der Waals surface area contributed by atoms with Crippen LogP contribution in [0.2, 0.25) is 0 Å². The van der Waals surface area contributed by atoms with Crippen molar-refractivity contribution in [2.75, 3.05) is 6.54 Å². The van der Waals surface area contributed by atoms with Gasteiger partial charge in [0.15, 0.2) is 5.65 Å². The molecule has 0 aliphatic carbocycles. The van der Waals surface area contributed by atoms with Crippen molar-refractivity contribution in [2.24, 2.45) is 5.92 Å². The monoisotopic (exact) mass is 318 g/mol. The Bertz CT molecular complexity index is 717. The van der Waals surface area contributed by atoms with E-state index in [2.05, 4.69) is 15.4 Å². The lowest BCUT2D eigenvalue weighted by atomic mass is 9.92. The first-order chi connectivity index (χ1) is 10.6. The molecule has 2 heterocycles. The highest BCUT2D eigenvalue weighted by molar-refractivity contribution is 5.98. The minimum absolute atomic E-state index is 0.0498. The van der Waals surface area contributed by atoms with Crippen LogP contribution in [0.15, 0.2) is 12.3 Å². The van der Waals surface area contributed by atoms with Gasteiger partial charge in [0, 0.05) is 18.0 Å². The van der Waals surface area contributed by atoms with Gasteiger partial charge in [-0.1, -0.05) is 13.8 Å². The standard InChI is InChI=1S/C17H26N4O2/c1-10(2)17(6,23)9-18-16(22)14-7-13-8-19-21(11(3)4)15(13)20-12(14)5/h7-8,10-11,23H,9H2,1-6H3,(H,18,22). The van der Waals surface area contributed by atoms with Crippen LogP contribution >= 0.6 is 0 Å². The topological polar surface area (TPSA) is 80.0 Å². The fourth-order valence-electron chi connectivity index (χ4n) is 2.23. The zero-order valence-electron chi connectivity index (χ0n) is 14.7. The summed E-state index contributed by atoms with van der Waals surface area (Å²) in [5.41, 5.74) is 1.01. The van der Waals surface area contributed by atoms with Crippen molar-refractivity contribution in [1.82, 2.24) is 20.1 Å². The molecule has 0 radical (unpaired) electrons. The Morgan fingerprint density at radius 1 is 1.39 bits per heavy atom. The molecule has 2 aromatic rings. The average Bonchev–Trinajstić information content (AvgIpc) is 2.86. The van der Waals surface area contributed by atoms with E-state index in [0.717, 1.165) is 11.0 Å². The number of pyridine rings is 1. The van der Waals surface area contributed by atoms with Gasteiger partial charge in [0.05, 0.1) is 23.1 Å². The second-order valence-corrected chi connectivity index (χ2v) is 6.91. The predicted molar refractivity (Wildman–Crippen MR) is 90.4 cm³/mol. The van der Waals surface area contributed by atoms with E-state index >= 15 is 0 Å². The third kappa shape index (κ3) is 3.52. The molecular weight excluding hydrogens is 292 g/mol. The van der Waals surface area contributed by atoms with Gasteiger partial charge in [0.1, 0.15) is 0 Å². The maximum atomic E-state index is 12.4. The number of aryl methyl sites for hydroxylation is 1. The summed E-state index contributed by atoms with van der Waals surface area (Å²) in [5.74, 6) is -0.177. The summed E-state index contributed by atoms with van der Waals surface area (Å²) in [4.78, 5) is 17.0. The summed E-state index contributed by atoms with van der Waals surface area (Å²) in [6.45, 7) is 11.7. The van der Waals surface area contributed by atoms with Crippen molar-refractivity contribution in [2.45, 2.75) is 53.2 Å². The predicted octanol–water partition coefficient (Wildman–Crippen LogP) is 2.46. The number of nitrogens with zero attached hydrogens (tertiary/aromatic N) is 3. The number of aromatic nitrogens is 3. The molecular formula is C17H26N4O2. The van der Waals surface area contributed by atoms with E-state index in [9.17, 15) is 9.90 Å². The molecule has 0 aliphatic heterocycles. The number of carbonyl (C=O) groups excluding carboxylic acids is 1. The van der Waals surface area contributed by atoms with E-state index in [4.69, 9.17) is 0 Å². The summed E-state index contributed by atoms with van der Waals surface area (Å²) in [6, 6.07) is 2.02. The molecule has 0 spiro atoms. The molecule has 0 saturated carbocycles. The van der Waals surface area contributed by atoms with Crippen molar-refractivity contribution in [3.05, 3.63) is 23.5 Å². The minimum atomic E-state index is -0.941. The van der Waals surface area contributed by atoms with Crippen LogP contribution in [0.3, 0.4) is 0 Å². The second-order valence-electron chi connectivity index (χ2n) is 6.91. The summed E-state index contributed by atoms with van der Waals surface area (Å²) >= 11 is 0. The van der Waals surface area contributed by atoms with Gasteiger partial charge in [-0.15, -0.1) is 0 Å². The summed E-state index contributed by atoms with van der Waals surface area (Å²) in [5, 5.41) is 18.2. The fourth-order valence-corrected chi connectivity index (χ4v) is 2.23. The van der Waals surface area contributed by atoms with Gasteiger partial charge in [-0.2, -0.15) is 5.10 Å². The number of hydrogen-bond acceptors (Lipinski definition) is 4. The van der Waals surface area contributed by atoms with Crippen molar-refractivity contribution in [1.29, 1.82) is 0 Å². The van der Waals surface area contributed by atoms with Crippen molar-refractivity contribution < 1.29 is 9.90 Å². The number of nitrogens with one attached hydrogen (secondary N) is 1. The Hall–Kier alpha value is -1.95. The normalized spacial score (nSPS) is 14.5. The number of rotatable bonds is 5. The average molecular weight is 318 g/mol. The van der Waals surface area contributed by atoms with E-state index in [1.54, 1.807) is 13.1 Å². The molecule has 1 unspecified atom stereocenters. The largest absolute Gasteiger partial charge is 0.388 e. The number of fused-ring (bicyclic) bond motifs is 1. The lowest BCUT2D eigenvalue weighted by Crippen LogP contribution is -2.44. The van der Waals surface area contributed by atoms with Crippen molar-refractivity contribution in [3.63, 3.8) is 0 Å². The highest BCUT2D eigenvalue weighted by Gasteiger charge is 2.26. The highest BCUT2D eigenvalue weighted by atomic mass is 16.3. The number of aliphatic hydroxyl groups is 1. The van der Waals surface area contributed by atoms with E-state index in [-0.39, 0.29) is 24.4 Å². The molecule has 0 aromatic carbocycles. The van der Waals surface area contributed by atoms with Crippen molar-refractivity contribution in [3.8, 4) is 0 Å². The maximum absolute atomic E-state index is 12.4. The summed E-state index contributed by atoms with van der Waals surface area (Å²) < 4.78 is 1.84. The zero-order valence-corrected chi connectivity index (χ0v) is 14.7. The van der Waals surface area contributed by atoms with E-state index in [1.165, 1.54) is 0 Å². The molecule has 0 bridgehead atoms. The molecule has 2 N–H and O–H groups in total. The number of carbonyl (C=O) groups is 1. The van der Waals surface area contributed by atoms with Gasteiger partial charge in [0.25, 0.3) is 5.91 Å². The molecule has 2 aromatic heterocycles. The van der Waals surface area contributed by atoms with Gasteiger partial charge in [-0.3, -0.25) is 4.79 Å². The molecule has 6 nitrogen and oxygen atoms in total. The van der Waals surface area contributed by atoms with Gasteiger partial charge >= 0.3 is 0 Å². The second kappa shape index (κ2) is 6.28. The quantitative estimate of drug-likeness (QED) is 0.887. The summed E-state index contributed by atoms with van der Waals surface area (Å²) in [7, 11) is 0. The lowest BCUT2D eigenvalue weighted by molar-refractivity contribution is 0.0142. The van der Waals surface area contributed by atoms with Gasteiger partial charge < -0.3 is 10.4 Å². The Balaban J connectivity index is 2.26. The molecule has 1 amide bonds. The van der Waals surface area contributed by atoms with Crippen LogP contribution in [0.25, 0.3) is 11.0 Å². The Morgan fingerprint density at radius 2 is 2.04 bits per heavy atom. The molecule has 0 saturated heterocycles. The first-order valence-corrected chi connectivity index (χ1v) is 7.99. The molecule has 2 rings (SSSR count). The first-order valence-electron chi connectivity index (χ1n) is 7.99. The van der Waals surface area contributed by atoms with E-state index in [0.29, 0.717) is 11.3 Å². The van der Waals surface area contributed by atoms with Crippen LogP contribution in [0.1, 0.15) is 56.7 Å². The third-order valence-corrected chi connectivity index (χ3v) is 4.34. The number of hydrogen-bond donors (Lipinski definition) is 2. The Morgan fingerprint density at radius 3 is 2.61 bits per heavy atom. The van der Waals surface area contributed by atoms with Crippen LogP contribution in [0.4, 0.5) is 0 Å². The minimum Gasteiger partial charge on any atom is -0.388 e. The molecule has 6 heteroatoms. The van der Waals surface area contributed by atoms with Gasteiger partial charge in [-0.25, -0.2) is 9.67 Å². The molecule has 126 valence electrons. The molecule has 1 atom stereocenters. The highest BCUT2D eigenvalue weighted by Crippen LogP contribution is 2.20. The Kier molecular flexibility index (Phi) is 4.75. The van der Waals surface area contributed by atoms with Gasteiger partial charge in [-0.05, 0) is 39.7 Å². The van der Waals surface area contributed by atoms with Crippen LogP contribution in [0, 0.1) is 12.8 Å². The molecule has 0 aliphatic rings. The van der Waals surface area contributed by atoms with Crippen LogP contribution in [-0.2, 0) is 0 Å². The van der Waals surface area contributed by atoms with Crippen LogP contribution in [0.5, 0.6) is 0 Å². The van der Waals surface area contributed by atoms with Crippen LogP contribution < -0.4 is 5.32 Å². The fraction of sp³-hybridized carbons (Fsp3) is 0.588. The lowest BCUT2D eigenvalue weighted by Gasteiger charge is -2.27. The third-order valence-electron chi connectivity index (χ3n) is 4.34. The summed E-state index contributed by atoms with van der Waals surface area (Å²) in [6.07, 6.45) is 1.73. The number of amides is 1.